The molecule has 0 heterocycles. The molecule has 8 heavy (non-hydrogen) atoms. The van der Waals surface area contributed by atoms with Crippen LogP contribution >= 0.6 is 0 Å². The smallest absolute Gasteiger partial charge is 0.0908 e. The summed E-state index contributed by atoms with van der Waals surface area (Å²) in [5.74, 6) is 0. The fourth-order valence-electron chi connectivity index (χ4n) is 0.118. The van der Waals surface area contributed by atoms with E-state index < -0.39 is 15.7 Å². The Morgan fingerprint density at radius 2 is 2.25 bits per heavy atom. The Bertz CT molecular complexity index is 102. The molecule has 2 atom stereocenters. The molecule has 2 nitrogen and oxygen atoms in total. The monoisotopic (exact) mass is 131 g/mol. The van der Waals surface area contributed by atoms with Gasteiger partial charge in [-0.1, -0.05) is 24.9 Å². The van der Waals surface area contributed by atoms with Gasteiger partial charge in [-0.15, -0.1) is 0 Å². The predicted molar refractivity (Wildman–Crippen MR) is 33.4 cm³/mol. The topological polar surface area (TPSA) is 40.1 Å². The molecule has 0 saturated carbocycles. The maximum atomic E-state index is 10.1. The van der Waals surface area contributed by atoms with Crippen LogP contribution in [0.4, 0.5) is 0 Å². The van der Waals surface area contributed by atoms with Crippen molar-refractivity contribution in [3.05, 3.63) is 0 Å². The van der Waals surface area contributed by atoms with Crippen LogP contribution in [0.25, 0.3) is 0 Å². The molecule has 0 bridgehead atoms. The quantitative estimate of drug-likeness (QED) is 0.395. The molecule has 0 aromatic carbocycles. The lowest BCUT2D eigenvalue weighted by Gasteiger charge is -2.25. The first-order valence-electron chi connectivity index (χ1n) is 2.39. The van der Waals surface area contributed by atoms with Crippen LogP contribution in [0, 0.1) is 0 Å². The summed E-state index contributed by atoms with van der Waals surface area (Å²) in [7, 11) is 5.25. The van der Waals surface area contributed by atoms with E-state index in [1.54, 1.807) is 6.92 Å². The molecule has 0 amide bonds. The summed E-state index contributed by atoms with van der Waals surface area (Å²) in [5, 5.41) is 0. The predicted octanol–water partition coefficient (Wildman–Crippen LogP) is 0.160. The van der Waals surface area contributed by atoms with Crippen molar-refractivity contribution in [1.82, 2.24) is 0 Å². The van der Waals surface area contributed by atoms with E-state index in [0.29, 0.717) is 6.42 Å². The Hall–Kier alpha value is 0.175. The molecule has 4 heteroatoms. The highest BCUT2D eigenvalue weighted by Crippen LogP contribution is 2.09. The average molecular weight is 131 g/mol. The maximum absolute atomic E-state index is 10.1. The van der Waals surface area contributed by atoms with Crippen molar-refractivity contribution in [2.45, 2.75) is 24.9 Å². The van der Waals surface area contributed by atoms with Crippen molar-refractivity contribution < 1.29 is 8.76 Å². The zero-order valence-corrected chi connectivity index (χ0v) is 5.83. The highest BCUT2D eigenvalue weighted by atomic mass is 32.2. The molecule has 0 aliphatic heterocycles. The number of hydrogen-bond donors (Lipinski definition) is 0. The third-order valence-corrected chi connectivity index (χ3v) is 2.13. The van der Waals surface area contributed by atoms with E-state index in [4.69, 9.17) is 7.85 Å². The molecule has 0 aromatic heterocycles. The van der Waals surface area contributed by atoms with E-state index in [1.807, 2.05) is 0 Å². The Balaban J connectivity index is 3.91. The van der Waals surface area contributed by atoms with Gasteiger partial charge < -0.3 is 4.55 Å². The van der Waals surface area contributed by atoms with Crippen molar-refractivity contribution >= 4 is 18.9 Å². The molecule has 0 aromatic rings. The molecular weight excluding hydrogens is 123 g/mol. The average Bonchev–Trinajstić information content (AvgIpc) is 1.67. The maximum Gasteiger partial charge on any atom is 0.0908 e. The van der Waals surface area contributed by atoms with Crippen LogP contribution < -0.4 is 0 Å². The molecule has 0 fully saturated rings. The van der Waals surface area contributed by atoms with Crippen LogP contribution in [0.5, 0.6) is 0 Å². The molecule has 0 rings (SSSR count). The second-order valence-corrected chi connectivity index (χ2v) is 3.30. The third kappa shape index (κ3) is 1.96. The molecule has 46 valence electrons. The lowest BCUT2D eigenvalue weighted by Crippen LogP contribution is -2.29. The van der Waals surface area contributed by atoms with Crippen LogP contribution in [-0.4, -0.2) is 21.3 Å². The van der Waals surface area contributed by atoms with Gasteiger partial charge in [-0.2, -0.15) is 0 Å². The zero-order valence-electron chi connectivity index (χ0n) is 5.01. The first-order valence-corrected chi connectivity index (χ1v) is 3.46. The summed E-state index contributed by atoms with van der Waals surface area (Å²) >= 11 is -2.15. The summed E-state index contributed by atoms with van der Waals surface area (Å²) in [5.41, 5.74) is 0. The van der Waals surface area contributed by atoms with Gasteiger partial charge in [0.05, 0.1) is 7.85 Å². The molecule has 2 unspecified atom stereocenters. The van der Waals surface area contributed by atoms with Gasteiger partial charge in [-0.05, 0) is 11.1 Å². The van der Waals surface area contributed by atoms with Gasteiger partial charge in [0.1, 0.15) is 0 Å². The number of hydrogen-bond acceptors (Lipinski definition) is 2. The molecular formula is C4H8BO2S-. The highest BCUT2D eigenvalue weighted by molar-refractivity contribution is 7.82. The molecule has 0 saturated heterocycles. The Kier molecular flexibility index (Phi) is 2.70. The molecule has 2 radical (unpaired) electrons. The van der Waals surface area contributed by atoms with Gasteiger partial charge in [-0.25, -0.2) is 0 Å². The standard InChI is InChI=1S/C4H9BO2S/c1-3-4(2,5)8(6)7/h3H2,1-2H3,(H,6,7)/p-1. The van der Waals surface area contributed by atoms with Crippen LogP contribution in [0.2, 0.25) is 0 Å². The fourth-order valence-corrected chi connectivity index (χ4v) is 0.354. The van der Waals surface area contributed by atoms with Crippen molar-refractivity contribution in [2.75, 3.05) is 0 Å². The second-order valence-electron chi connectivity index (χ2n) is 1.90. The summed E-state index contributed by atoms with van der Waals surface area (Å²) in [6.45, 7) is 3.21. The van der Waals surface area contributed by atoms with E-state index in [1.165, 1.54) is 6.92 Å². The van der Waals surface area contributed by atoms with E-state index in [2.05, 4.69) is 0 Å². The van der Waals surface area contributed by atoms with Gasteiger partial charge in [-0.3, -0.25) is 4.21 Å². The minimum atomic E-state index is -2.15. The minimum Gasteiger partial charge on any atom is -0.773 e. The Morgan fingerprint density at radius 3 is 2.25 bits per heavy atom. The van der Waals surface area contributed by atoms with E-state index in [-0.39, 0.29) is 0 Å². The van der Waals surface area contributed by atoms with Crippen LogP contribution in [-0.2, 0) is 11.1 Å². The third-order valence-electron chi connectivity index (χ3n) is 1.08. The zero-order chi connectivity index (χ0) is 6.78. The van der Waals surface area contributed by atoms with E-state index in [0.717, 1.165) is 0 Å². The number of rotatable bonds is 2. The Labute approximate surface area is 53.4 Å². The molecule has 0 aliphatic rings. The largest absolute Gasteiger partial charge is 0.773 e. The highest BCUT2D eigenvalue weighted by Gasteiger charge is 2.13. The summed E-state index contributed by atoms with van der Waals surface area (Å²) in [6.07, 6.45) is 0.448. The summed E-state index contributed by atoms with van der Waals surface area (Å²) in [6, 6.07) is 0. The van der Waals surface area contributed by atoms with Crippen molar-refractivity contribution in [3.63, 3.8) is 0 Å². The van der Waals surface area contributed by atoms with Gasteiger partial charge in [0.25, 0.3) is 0 Å². The summed E-state index contributed by atoms with van der Waals surface area (Å²) < 4.78 is 19.2. The first kappa shape index (κ1) is 8.17. The van der Waals surface area contributed by atoms with Gasteiger partial charge in [0, 0.05) is 0 Å². The van der Waals surface area contributed by atoms with Crippen LogP contribution in [0.1, 0.15) is 20.3 Å². The van der Waals surface area contributed by atoms with Crippen molar-refractivity contribution in [1.29, 1.82) is 0 Å². The fraction of sp³-hybridized carbons (Fsp3) is 1.00. The Morgan fingerprint density at radius 1 is 1.88 bits per heavy atom. The van der Waals surface area contributed by atoms with Crippen molar-refractivity contribution in [3.8, 4) is 0 Å². The molecule has 0 spiro atoms. The van der Waals surface area contributed by atoms with Gasteiger partial charge in [0.2, 0.25) is 0 Å². The van der Waals surface area contributed by atoms with E-state index >= 15 is 0 Å². The first-order chi connectivity index (χ1) is 3.50. The van der Waals surface area contributed by atoms with Crippen LogP contribution in [0.3, 0.4) is 0 Å². The minimum absolute atomic E-state index is 0.448. The lowest BCUT2D eigenvalue weighted by molar-refractivity contribution is 0.514. The van der Waals surface area contributed by atoms with Crippen molar-refractivity contribution in [2.24, 2.45) is 0 Å². The SMILES string of the molecule is [B]C(C)(CC)S(=O)[O-]. The second kappa shape index (κ2) is 2.64. The summed E-state index contributed by atoms with van der Waals surface area (Å²) in [4.78, 5) is 0. The van der Waals surface area contributed by atoms with Gasteiger partial charge in [0.15, 0.2) is 0 Å². The molecule has 0 N–H and O–H groups in total. The van der Waals surface area contributed by atoms with Gasteiger partial charge >= 0.3 is 0 Å². The van der Waals surface area contributed by atoms with E-state index in [9.17, 15) is 8.76 Å². The normalized spacial score (nSPS) is 21.9. The molecule has 0 aliphatic carbocycles. The van der Waals surface area contributed by atoms with Crippen LogP contribution in [0.15, 0.2) is 0 Å². The lowest BCUT2D eigenvalue weighted by atomic mass is 9.86.